The third kappa shape index (κ3) is 7.20. The summed E-state index contributed by atoms with van der Waals surface area (Å²) < 4.78 is 39.6. The molecule has 1 saturated heterocycles. The number of hydrogen-bond donors (Lipinski definition) is 2. The highest BCUT2D eigenvalue weighted by Gasteiger charge is 2.30. The summed E-state index contributed by atoms with van der Waals surface area (Å²) in [5, 5.41) is 21.5. The molecular weight excluding hydrogens is 519 g/mol. The number of amides is 1. The number of aryl methyl sites for hydroxylation is 1. The Morgan fingerprint density at radius 1 is 1.07 bits per heavy atom. The van der Waals surface area contributed by atoms with Crippen LogP contribution in [0.4, 0.5) is 18.9 Å². The number of rotatable bonds is 8. The highest BCUT2D eigenvalue weighted by atomic mass is 19.4. The zero-order valence-electron chi connectivity index (χ0n) is 22.0. The molecule has 6 nitrogen and oxygen atoms in total. The number of nitrogens with zero attached hydrogens (tertiary/aromatic N) is 2. The Balaban J connectivity index is 1.52. The van der Waals surface area contributed by atoms with Crippen LogP contribution in [0.25, 0.3) is 11.1 Å². The molecule has 1 aliphatic rings. The van der Waals surface area contributed by atoms with Crippen molar-refractivity contribution >= 4 is 17.6 Å². The number of carbonyl (C=O) groups excluding carboxylic acids is 1. The van der Waals surface area contributed by atoms with Crippen LogP contribution in [-0.4, -0.2) is 41.1 Å². The Bertz CT molecular complexity index is 1400. The van der Waals surface area contributed by atoms with E-state index >= 15 is 0 Å². The highest BCUT2D eigenvalue weighted by Crippen LogP contribution is 2.33. The second-order valence-corrected chi connectivity index (χ2v) is 10.1. The standard InChI is InChI=1S/C31H30F3N3O3/c1-20-17-24(22-6-4-21(18-35)5-7-22)10-13-27(20)28(14-15-31(32,33)34)36-26-11-8-23(9-12-26)29(38)37-16-2-3-25(19-37)30(39)40/h4-13,17,25,28,36H,2-3,14-16,19H2,1H3,(H,39,40)/t25-,28?/m1/s1. The minimum Gasteiger partial charge on any atom is -0.481 e. The van der Waals surface area contributed by atoms with Crippen molar-refractivity contribution in [1.29, 1.82) is 5.26 Å². The van der Waals surface area contributed by atoms with Gasteiger partial charge in [-0.3, -0.25) is 9.59 Å². The molecule has 0 radical (unpaired) electrons. The van der Waals surface area contributed by atoms with Gasteiger partial charge in [0.15, 0.2) is 0 Å². The molecule has 208 valence electrons. The lowest BCUT2D eigenvalue weighted by atomic mass is 9.93. The van der Waals surface area contributed by atoms with Crippen LogP contribution in [0.5, 0.6) is 0 Å². The van der Waals surface area contributed by atoms with Crippen LogP contribution in [0.1, 0.15) is 58.8 Å². The molecule has 2 N–H and O–H groups in total. The number of carbonyl (C=O) groups is 2. The van der Waals surface area contributed by atoms with E-state index in [1.165, 1.54) is 4.90 Å². The zero-order chi connectivity index (χ0) is 28.9. The number of anilines is 1. The molecule has 0 aliphatic carbocycles. The summed E-state index contributed by atoms with van der Waals surface area (Å²) in [5.74, 6) is -1.76. The minimum atomic E-state index is -4.31. The van der Waals surface area contributed by atoms with E-state index < -0.39 is 30.5 Å². The van der Waals surface area contributed by atoms with E-state index in [0.29, 0.717) is 36.2 Å². The lowest BCUT2D eigenvalue weighted by molar-refractivity contribution is -0.143. The Labute approximate surface area is 231 Å². The number of halogens is 3. The predicted molar refractivity (Wildman–Crippen MR) is 146 cm³/mol. The fraction of sp³-hybridized carbons (Fsp3) is 0.323. The SMILES string of the molecule is Cc1cc(-c2ccc(C#N)cc2)ccc1C(CCC(F)(F)F)Nc1ccc(C(=O)N2CCC[C@@H](C(=O)O)C2)cc1. The number of nitrogens with one attached hydrogen (secondary N) is 1. The number of hydrogen-bond acceptors (Lipinski definition) is 4. The lowest BCUT2D eigenvalue weighted by Gasteiger charge is -2.30. The highest BCUT2D eigenvalue weighted by molar-refractivity contribution is 5.95. The first-order valence-electron chi connectivity index (χ1n) is 13.1. The fourth-order valence-electron chi connectivity index (χ4n) is 5.05. The van der Waals surface area contributed by atoms with E-state index in [9.17, 15) is 27.9 Å². The first-order chi connectivity index (χ1) is 19.0. The molecule has 1 fully saturated rings. The van der Waals surface area contributed by atoms with Crippen LogP contribution in [0, 0.1) is 24.2 Å². The summed E-state index contributed by atoms with van der Waals surface area (Å²) in [6.07, 6.45) is -4.29. The number of aliphatic carboxylic acids is 1. The van der Waals surface area contributed by atoms with E-state index in [1.54, 1.807) is 36.4 Å². The van der Waals surface area contributed by atoms with E-state index in [4.69, 9.17) is 5.26 Å². The molecule has 1 heterocycles. The molecule has 1 aliphatic heterocycles. The van der Waals surface area contributed by atoms with Crippen LogP contribution < -0.4 is 5.32 Å². The summed E-state index contributed by atoms with van der Waals surface area (Å²) in [5.41, 5.74) is 4.86. The first kappa shape index (κ1) is 28.7. The van der Waals surface area contributed by atoms with Crippen molar-refractivity contribution in [3.63, 3.8) is 0 Å². The largest absolute Gasteiger partial charge is 0.481 e. The molecule has 1 unspecified atom stereocenters. The van der Waals surface area contributed by atoms with Crippen LogP contribution in [-0.2, 0) is 4.79 Å². The maximum Gasteiger partial charge on any atom is 0.389 e. The molecule has 3 aromatic rings. The molecule has 0 saturated carbocycles. The van der Waals surface area contributed by atoms with Gasteiger partial charge in [-0.1, -0.05) is 30.3 Å². The fourth-order valence-corrected chi connectivity index (χ4v) is 5.05. The topological polar surface area (TPSA) is 93.4 Å². The summed E-state index contributed by atoms with van der Waals surface area (Å²) >= 11 is 0. The summed E-state index contributed by atoms with van der Waals surface area (Å²) in [6.45, 7) is 2.50. The van der Waals surface area contributed by atoms with Crippen molar-refractivity contribution in [3.05, 3.63) is 89.0 Å². The van der Waals surface area contributed by atoms with Crippen molar-refractivity contribution in [2.45, 2.75) is 44.8 Å². The van der Waals surface area contributed by atoms with E-state index in [0.717, 1.165) is 22.3 Å². The van der Waals surface area contributed by atoms with Crippen molar-refractivity contribution in [2.24, 2.45) is 5.92 Å². The van der Waals surface area contributed by atoms with Crippen molar-refractivity contribution in [3.8, 4) is 17.2 Å². The molecule has 0 spiro atoms. The summed E-state index contributed by atoms with van der Waals surface area (Å²) in [6, 6.07) is 20.7. The molecule has 4 rings (SSSR count). The monoisotopic (exact) mass is 549 g/mol. The van der Waals surface area contributed by atoms with Gasteiger partial charge < -0.3 is 15.3 Å². The maximum atomic E-state index is 13.2. The Morgan fingerprint density at radius 2 is 1.75 bits per heavy atom. The number of nitriles is 1. The van der Waals surface area contributed by atoms with Crippen LogP contribution in [0.3, 0.4) is 0 Å². The van der Waals surface area contributed by atoms with E-state index in [2.05, 4.69) is 11.4 Å². The number of benzene rings is 3. The van der Waals surface area contributed by atoms with Gasteiger partial charge in [0.05, 0.1) is 23.6 Å². The van der Waals surface area contributed by atoms with Gasteiger partial charge in [0.25, 0.3) is 5.91 Å². The lowest BCUT2D eigenvalue weighted by Crippen LogP contribution is -2.42. The molecule has 9 heteroatoms. The van der Waals surface area contributed by atoms with Crippen molar-refractivity contribution < 1.29 is 27.9 Å². The Morgan fingerprint density at radius 3 is 2.35 bits per heavy atom. The number of alkyl halides is 3. The number of carboxylic acids is 1. The average Bonchev–Trinajstić information content (AvgIpc) is 2.95. The van der Waals surface area contributed by atoms with Gasteiger partial charge in [0, 0.05) is 30.8 Å². The van der Waals surface area contributed by atoms with Gasteiger partial charge >= 0.3 is 12.1 Å². The van der Waals surface area contributed by atoms with Crippen LogP contribution in [0.2, 0.25) is 0 Å². The number of likely N-dealkylation sites (tertiary alicyclic amines) is 1. The quantitative estimate of drug-likeness (QED) is 0.317. The molecule has 0 aromatic heterocycles. The van der Waals surface area contributed by atoms with E-state index in [-0.39, 0.29) is 18.9 Å². The molecule has 40 heavy (non-hydrogen) atoms. The second-order valence-electron chi connectivity index (χ2n) is 10.1. The minimum absolute atomic E-state index is 0.158. The van der Waals surface area contributed by atoms with E-state index in [1.807, 2.05) is 37.3 Å². The predicted octanol–water partition coefficient (Wildman–Crippen LogP) is 6.97. The van der Waals surface area contributed by atoms with Gasteiger partial charge in [-0.05, 0) is 84.8 Å². The molecular formula is C31H30F3N3O3. The van der Waals surface area contributed by atoms with Gasteiger partial charge in [-0.15, -0.1) is 0 Å². The number of piperidine rings is 1. The molecule has 3 aromatic carbocycles. The third-order valence-corrected chi connectivity index (χ3v) is 7.24. The first-order valence-corrected chi connectivity index (χ1v) is 13.1. The Hall–Kier alpha value is -4.32. The van der Waals surface area contributed by atoms with Crippen molar-refractivity contribution in [1.82, 2.24) is 4.90 Å². The summed E-state index contributed by atoms with van der Waals surface area (Å²) in [4.78, 5) is 25.8. The Kier molecular flexibility index (Phi) is 8.78. The van der Waals surface area contributed by atoms with Crippen LogP contribution >= 0.6 is 0 Å². The van der Waals surface area contributed by atoms with Gasteiger partial charge in [-0.25, -0.2) is 0 Å². The second kappa shape index (κ2) is 12.2. The average molecular weight is 550 g/mol. The third-order valence-electron chi connectivity index (χ3n) is 7.24. The van der Waals surface area contributed by atoms with Gasteiger partial charge in [0.2, 0.25) is 0 Å². The molecule has 1 amide bonds. The summed E-state index contributed by atoms with van der Waals surface area (Å²) in [7, 11) is 0. The maximum absolute atomic E-state index is 13.2. The zero-order valence-corrected chi connectivity index (χ0v) is 22.0. The number of carboxylic acid groups (broad SMARTS) is 1. The molecule has 2 atom stereocenters. The van der Waals surface area contributed by atoms with Gasteiger partial charge in [0.1, 0.15) is 0 Å². The van der Waals surface area contributed by atoms with Crippen LogP contribution in [0.15, 0.2) is 66.7 Å². The van der Waals surface area contributed by atoms with Crippen molar-refractivity contribution in [2.75, 3.05) is 18.4 Å². The smallest absolute Gasteiger partial charge is 0.389 e. The van der Waals surface area contributed by atoms with Gasteiger partial charge in [-0.2, -0.15) is 18.4 Å². The molecule has 0 bridgehead atoms. The normalized spacial score (nSPS) is 16.2.